The summed E-state index contributed by atoms with van der Waals surface area (Å²) in [7, 11) is 0. The van der Waals surface area contributed by atoms with Gasteiger partial charge in [0.05, 0.1) is 18.3 Å². The number of nitrogens with one attached hydrogen (secondary N) is 1. The molecule has 98 valence electrons. The average molecular weight is 252 g/mol. The molecule has 0 unspecified atom stereocenters. The van der Waals surface area contributed by atoms with Gasteiger partial charge in [-0.05, 0) is 18.9 Å². The molecule has 1 fully saturated rings. The number of ether oxygens (including phenoxy) is 2. The zero-order chi connectivity index (χ0) is 13.0. The van der Waals surface area contributed by atoms with Crippen molar-refractivity contribution in [3.63, 3.8) is 0 Å². The van der Waals surface area contributed by atoms with E-state index in [0.29, 0.717) is 18.8 Å². The molecule has 0 aliphatic carbocycles. The summed E-state index contributed by atoms with van der Waals surface area (Å²) >= 11 is 0. The van der Waals surface area contributed by atoms with Crippen molar-refractivity contribution in [2.45, 2.75) is 25.6 Å². The fourth-order valence-electron chi connectivity index (χ4n) is 1.95. The number of nitrogen functional groups attached to an aromatic ring is 1. The van der Waals surface area contributed by atoms with Crippen LogP contribution < -0.4 is 5.73 Å². The van der Waals surface area contributed by atoms with Crippen molar-refractivity contribution in [2.24, 2.45) is 5.73 Å². The maximum atomic E-state index is 14.0. The van der Waals surface area contributed by atoms with Crippen molar-refractivity contribution in [1.29, 1.82) is 5.41 Å². The average Bonchev–Trinajstić information content (AvgIpc) is 2.38. The van der Waals surface area contributed by atoms with Gasteiger partial charge in [0.15, 0.2) is 0 Å². The second-order valence-corrected chi connectivity index (χ2v) is 4.32. The summed E-state index contributed by atoms with van der Waals surface area (Å²) in [6, 6.07) is 4.83. The van der Waals surface area contributed by atoms with Crippen LogP contribution in [0.2, 0.25) is 0 Å². The molecule has 1 aliphatic rings. The zero-order valence-electron chi connectivity index (χ0n) is 10.1. The monoisotopic (exact) mass is 252 g/mol. The number of benzene rings is 1. The summed E-state index contributed by atoms with van der Waals surface area (Å²) < 4.78 is 24.8. The summed E-state index contributed by atoms with van der Waals surface area (Å²) in [4.78, 5) is 0. The third kappa shape index (κ3) is 3.05. The lowest BCUT2D eigenvalue weighted by atomic mass is 10.1. The molecule has 1 heterocycles. The van der Waals surface area contributed by atoms with Crippen LogP contribution in [0.15, 0.2) is 18.2 Å². The molecule has 3 N–H and O–H groups in total. The van der Waals surface area contributed by atoms with Crippen molar-refractivity contribution in [2.75, 3.05) is 13.2 Å². The molecule has 0 spiro atoms. The summed E-state index contributed by atoms with van der Waals surface area (Å²) in [5, 5.41) is 7.28. The summed E-state index contributed by atoms with van der Waals surface area (Å²) in [5.41, 5.74) is 5.88. The molecule has 0 bridgehead atoms. The summed E-state index contributed by atoms with van der Waals surface area (Å²) in [6.07, 6.45) is 1.81. The van der Waals surface area contributed by atoms with Gasteiger partial charge in [0.1, 0.15) is 11.7 Å². The van der Waals surface area contributed by atoms with Crippen LogP contribution in [-0.2, 0) is 16.1 Å². The smallest absolute Gasteiger partial charge is 0.139 e. The van der Waals surface area contributed by atoms with Gasteiger partial charge in [-0.2, -0.15) is 0 Å². The third-order valence-corrected chi connectivity index (χ3v) is 3.01. The van der Waals surface area contributed by atoms with Crippen molar-refractivity contribution in [1.82, 2.24) is 0 Å². The first-order chi connectivity index (χ1) is 8.68. The quantitative estimate of drug-likeness (QED) is 0.634. The molecule has 1 saturated heterocycles. The van der Waals surface area contributed by atoms with Crippen LogP contribution in [0.25, 0.3) is 0 Å². The van der Waals surface area contributed by atoms with Gasteiger partial charge in [0.2, 0.25) is 0 Å². The van der Waals surface area contributed by atoms with Crippen molar-refractivity contribution in [3.05, 3.63) is 35.1 Å². The Bertz CT molecular complexity index is 431. The Kier molecular flexibility index (Phi) is 4.28. The minimum Gasteiger partial charge on any atom is -0.384 e. The molecule has 0 saturated carbocycles. The summed E-state index contributed by atoms with van der Waals surface area (Å²) in [6.45, 7) is 1.60. The van der Waals surface area contributed by atoms with Crippen LogP contribution in [-0.4, -0.2) is 25.2 Å². The lowest BCUT2D eigenvalue weighted by Gasteiger charge is -2.22. The van der Waals surface area contributed by atoms with Crippen molar-refractivity contribution in [3.8, 4) is 0 Å². The highest BCUT2D eigenvalue weighted by Gasteiger charge is 2.16. The second-order valence-electron chi connectivity index (χ2n) is 4.32. The second kappa shape index (κ2) is 5.93. The highest BCUT2D eigenvalue weighted by Crippen LogP contribution is 2.17. The lowest BCUT2D eigenvalue weighted by Crippen LogP contribution is -2.23. The number of rotatable bonds is 4. The van der Waals surface area contributed by atoms with Crippen LogP contribution in [0.5, 0.6) is 0 Å². The molecule has 0 amide bonds. The highest BCUT2D eigenvalue weighted by molar-refractivity contribution is 5.95. The Labute approximate surface area is 105 Å². The van der Waals surface area contributed by atoms with Gasteiger partial charge in [0, 0.05) is 18.8 Å². The SMILES string of the molecule is N=C(N)c1cccc(COC2CCOCC2)c1F. The molecule has 1 aliphatic heterocycles. The lowest BCUT2D eigenvalue weighted by molar-refractivity contribution is -0.0397. The Morgan fingerprint density at radius 3 is 2.83 bits per heavy atom. The van der Waals surface area contributed by atoms with E-state index < -0.39 is 5.82 Å². The maximum Gasteiger partial charge on any atom is 0.139 e. The largest absolute Gasteiger partial charge is 0.384 e. The first-order valence-electron chi connectivity index (χ1n) is 5.99. The van der Waals surface area contributed by atoms with E-state index in [2.05, 4.69) is 0 Å². The Morgan fingerprint density at radius 2 is 2.17 bits per heavy atom. The van der Waals surface area contributed by atoms with Crippen molar-refractivity contribution < 1.29 is 13.9 Å². The van der Waals surface area contributed by atoms with E-state index in [-0.39, 0.29) is 24.1 Å². The zero-order valence-corrected chi connectivity index (χ0v) is 10.1. The van der Waals surface area contributed by atoms with Gasteiger partial charge in [-0.3, -0.25) is 5.41 Å². The van der Waals surface area contributed by atoms with E-state index in [1.54, 1.807) is 12.1 Å². The Balaban J connectivity index is 2.00. The molecule has 0 aromatic heterocycles. The van der Waals surface area contributed by atoms with Gasteiger partial charge in [-0.1, -0.05) is 12.1 Å². The molecular weight excluding hydrogens is 235 g/mol. The minimum absolute atomic E-state index is 0.124. The van der Waals surface area contributed by atoms with Crippen LogP contribution in [0.4, 0.5) is 4.39 Å². The van der Waals surface area contributed by atoms with E-state index >= 15 is 0 Å². The van der Waals surface area contributed by atoms with Gasteiger partial charge < -0.3 is 15.2 Å². The minimum atomic E-state index is -0.461. The van der Waals surface area contributed by atoms with E-state index in [0.717, 1.165) is 12.8 Å². The fraction of sp³-hybridized carbons (Fsp3) is 0.462. The number of amidine groups is 1. The molecule has 1 aromatic carbocycles. The normalized spacial score (nSPS) is 16.7. The van der Waals surface area contributed by atoms with Crippen molar-refractivity contribution >= 4 is 5.84 Å². The predicted molar refractivity (Wildman–Crippen MR) is 66.0 cm³/mol. The molecule has 4 nitrogen and oxygen atoms in total. The van der Waals surface area contributed by atoms with Crippen LogP contribution in [0, 0.1) is 11.2 Å². The Hall–Kier alpha value is -1.46. The topological polar surface area (TPSA) is 68.3 Å². The third-order valence-electron chi connectivity index (χ3n) is 3.01. The molecular formula is C13H17FN2O2. The van der Waals surface area contributed by atoms with E-state index in [1.807, 2.05) is 0 Å². The Morgan fingerprint density at radius 1 is 1.44 bits per heavy atom. The highest BCUT2D eigenvalue weighted by atomic mass is 19.1. The number of hydrogen-bond acceptors (Lipinski definition) is 3. The first-order valence-corrected chi connectivity index (χ1v) is 5.99. The number of hydrogen-bond donors (Lipinski definition) is 2. The standard InChI is InChI=1S/C13H17FN2O2/c14-12-9(2-1-3-11(12)13(15)16)8-18-10-4-6-17-7-5-10/h1-3,10H,4-8H2,(H3,15,16). The predicted octanol–water partition coefficient (Wildman–Crippen LogP) is 1.81. The summed E-state index contributed by atoms with van der Waals surface area (Å²) in [5.74, 6) is -0.725. The van der Waals surface area contributed by atoms with Crippen LogP contribution in [0.1, 0.15) is 24.0 Å². The van der Waals surface area contributed by atoms with E-state index in [1.165, 1.54) is 6.07 Å². The molecule has 18 heavy (non-hydrogen) atoms. The maximum absolute atomic E-state index is 14.0. The van der Waals surface area contributed by atoms with Gasteiger partial charge in [0.25, 0.3) is 0 Å². The molecule has 0 atom stereocenters. The first kappa shape index (κ1) is 13.0. The number of nitrogens with two attached hydrogens (primary N) is 1. The van der Waals surface area contributed by atoms with Gasteiger partial charge in [-0.15, -0.1) is 0 Å². The fourth-order valence-corrected chi connectivity index (χ4v) is 1.95. The van der Waals surface area contributed by atoms with Gasteiger partial charge >= 0.3 is 0 Å². The molecule has 2 rings (SSSR count). The molecule has 0 radical (unpaired) electrons. The molecule has 1 aromatic rings. The number of halogens is 1. The van der Waals surface area contributed by atoms with Gasteiger partial charge in [-0.25, -0.2) is 4.39 Å². The van der Waals surface area contributed by atoms with Crippen LogP contribution >= 0.6 is 0 Å². The molecule has 5 heteroatoms. The van der Waals surface area contributed by atoms with Crippen LogP contribution in [0.3, 0.4) is 0 Å². The van der Waals surface area contributed by atoms with E-state index in [4.69, 9.17) is 20.6 Å². The van der Waals surface area contributed by atoms with E-state index in [9.17, 15) is 4.39 Å².